The summed E-state index contributed by atoms with van der Waals surface area (Å²) in [7, 11) is 1.49. The maximum atomic E-state index is 13.1. The van der Waals surface area contributed by atoms with E-state index in [1.165, 1.54) is 7.11 Å². The monoisotopic (exact) mass is 338 g/mol. The first-order valence-corrected chi connectivity index (χ1v) is 8.15. The molecule has 0 aliphatic heterocycles. The van der Waals surface area contributed by atoms with Crippen molar-refractivity contribution in [2.45, 2.75) is 31.5 Å². The molecule has 0 aromatic heterocycles. The van der Waals surface area contributed by atoms with Gasteiger partial charge in [-0.3, -0.25) is 9.59 Å². The Hall–Kier alpha value is -2.50. The van der Waals surface area contributed by atoms with Crippen LogP contribution in [-0.4, -0.2) is 34.5 Å². The molecule has 0 spiro atoms. The van der Waals surface area contributed by atoms with Crippen molar-refractivity contribution in [3.8, 4) is 5.75 Å². The minimum absolute atomic E-state index is 0.0369. The molecule has 0 fully saturated rings. The van der Waals surface area contributed by atoms with Gasteiger partial charge in [-0.15, -0.1) is 0 Å². The second-order valence-electron chi connectivity index (χ2n) is 6.99. The summed E-state index contributed by atoms with van der Waals surface area (Å²) in [6.45, 7) is 1.62. The lowest BCUT2D eigenvalue weighted by atomic mass is 9.73. The molecule has 5 heteroatoms. The van der Waals surface area contributed by atoms with E-state index in [1.54, 1.807) is 37.3 Å². The Balaban J connectivity index is 1.98. The minimum Gasteiger partial charge on any atom is -0.496 e. The third-order valence-electron chi connectivity index (χ3n) is 5.04. The number of aliphatic hydroxyl groups is 2. The lowest BCUT2D eigenvalue weighted by molar-refractivity contribution is 0.0408. The molecule has 2 aromatic rings. The largest absolute Gasteiger partial charge is 0.496 e. The highest BCUT2D eigenvalue weighted by atomic mass is 16.5. The number of ketones is 2. The second-order valence-corrected chi connectivity index (χ2v) is 6.99. The van der Waals surface area contributed by atoms with E-state index in [1.807, 2.05) is 0 Å². The Labute approximate surface area is 144 Å². The van der Waals surface area contributed by atoms with Crippen LogP contribution in [0.1, 0.15) is 62.4 Å². The zero-order chi connectivity index (χ0) is 17.9. The number of carbonyl (C=O) groups is 2. The maximum absolute atomic E-state index is 13.1. The van der Waals surface area contributed by atoms with Crippen LogP contribution in [0.3, 0.4) is 0 Å². The van der Waals surface area contributed by atoms with Crippen LogP contribution >= 0.6 is 0 Å². The topological polar surface area (TPSA) is 83.8 Å². The number of hydrogen-bond donors (Lipinski definition) is 2. The molecule has 25 heavy (non-hydrogen) atoms. The number of rotatable bonds is 1. The van der Waals surface area contributed by atoms with Gasteiger partial charge in [-0.05, 0) is 24.1 Å². The van der Waals surface area contributed by atoms with Crippen molar-refractivity contribution in [3.05, 3.63) is 63.7 Å². The fourth-order valence-corrected chi connectivity index (χ4v) is 4.00. The lowest BCUT2D eigenvalue weighted by Gasteiger charge is -2.33. The highest BCUT2D eigenvalue weighted by Crippen LogP contribution is 2.43. The summed E-state index contributed by atoms with van der Waals surface area (Å²) in [6, 6.07) is 8.41. The van der Waals surface area contributed by atoms with E-state index < -0.39 is 11.7 Å². The van der Waals surface area contributed by atoms with Crippen molar-refractivity contribution in [3.63, 3.8) is 0 Å². The molecule has 128 valence electrons. The average molecular weight is 338 g/mol. The number of ether oxygens (including phenoxy) is 1. The summed E-state index contributed by atoms with van der Waals surface area (Å²) >= 11 is 0. The third-order valence-corrected chi connectivity index (χ3v) is 5.04. The van der Waals surface area contributed by atoms with Gasteiger partial charge in [0.15, 0.2) is 11.6 Å². The molecule has 2 aromatic carbocycles. The fourth-order valence-electron chi connectivity index (χ4n) is 4.00. The Morgan fingerprint density at radius 2 is 1.88 bits per heavy atom. The van der Waals surface area contributed by atoms with Crippen molar-refractivity contribution in [1.29, 1.82) is 0 Å². The number of fused-ring (bicyclic) bond motifs is 4. The minimum atomic E-state index is -1.12. The SMILES string of the molecule is COc1cccc2c1C(O)c1ccc3c(c1C2=O)C(=O)CC(C)(O)C3. The predicted molar refractivity (Wildman–Crippen MR) is 90.2 cm³/mol. The van der Waals surface area contributed by atoms with Gasteiger partial charge in [-0.25, -0.2) is 0 Å². The van der Waals surface area contributed by atoms with Gasteiger partial charge < -0.3 is 14.9 Å². The van der Waals surface area contributed by atoms with E-state index in [9.17, 15) is 19.8 Å². The quantitative estimate of drug-likeness (QED) is 0.833. The molecule has 0 saturated heterocycles. The first-order valence-electron chi connectivity index (χ1n) is 8.15. The predicted octanol–water partition coefficient (Wildman–Crippen LogP) is 2.20. The van der Waals surface area contributed by atoms with Crippen LogP contribution in [0, 0.1) is 0 Å². The maximum Gasteiger partial charge on any atom is 0.194 e. The van der Waals surface area contributed by atoms with Gasteiger partial charge in [-0.1, -0.05) is 24.3 Å². The van der Waals surface area contributed by atoms with Crippen molar-refractivity contribution in [1.82, 2.24) is 0 Å². The Bertz CT molecular complexity index is 926. The van der Waals surface area contributed by atoms with Crippen LogP contribution in [-0.2, 0) is 6.42 Å². The summed E-state index contributed by atoms with van der Waals surface area (Å²) in [4.78, 5) is 25.8. The molecule has 2 aliphatic carbocycles. The number of benzene rings is 2. The van der Waals surface area contributed by atoms with E-state index in [0.717, 1.165) is 0 Å². The smallest absolute Gasteiger partial charge is 0.194 e. The van der Waals surface area contributed by atoms with Gasteiger partial charge in [-0.2, -0.15) is 0 Å². The zero-order valence-corrected chi connectivity index (χ0v) is 14.0. The van der Waals surface area contributed by atoms with Crippen molar-refractivity contribution >= 4 is 11.6 Å². The van der Waals surface area contributed by atoms with Crippen LogP contribution in [0.5, 0.6) is 5.75 Å². The molecule has 4 rings (SSSR count). The van der Waals surface area contributed by atoms with Crippen molar-refractivity contribution in [2.24, 2.45) is 0 Å². The van der Waals surface area contributed by atoms with Crippen LogP contribution in [0.4, 0.5) is 0 Å². The van der Waals surface area contributed by atoms with Crippen LogP contribution < -0.4 is 4.74 Å². The van der Waals surface area contributed by atoms with Gasteiger partial charge in [0.25, 0.3) is 0 Å². The van der Waals surface area contributed by atoms with Crippen LogP contribution in [0.15, 0.2) is 30.3 Å². The first kappa shape index (κ1) is 16.0. The lowest BCUT2D eigenvalue weighted by Crippen LogP contribution is -2.37. The van der Waals surface area contributed by atoms with Crippen molar-refractivity contribution < 1.29 is 24.5 Å². The summed E-state index contributed by atoms with van der Waals surface area (Å²) in [5, 5.41) is 21.1. The Morgan fingerprint density at radius 3 is 2.60 bits per heavy atom. The second kappa shape index (κ2) is 5.25. The summed E-state index contributed by atoms with van der Waals surface area (Å²) in [6.07, 6.45) is -0.778. The number of carbonyl (C=O) groups excluding carboxylic acids is 2. The molecule has 0 saturated carbocycles. The molecule has 2 unspecified atom stereocenters. The van der Waals surface area contributed by atoms with Gasteiger partial charge in [0.2, 0.25) is 0 Å². The molecule has 0 heterocycles. The molecule has 5 nitrogen and oxygen atoms in total. The molecular formula is C20H18O5. The number of Topliss-reactive ketones (excluding diaryl/α,β-unsaturated/α-hetero) is 1. The molecule has 0 bridgehead atoms. The van der Waals surface area contributed by atoms with Crippen LogP contribution in [0.2, 0.25) is 0 Å². The van der Waals surface area contributed by atoms with Gasteiger partial charge in [0, 0.05) is 35.1 Å². The fraction of sp³-hybridized carbons (Fsp3) is 0.300. The Morgan fingerprint density at radius 1 is 1.12 bits per heavy atom. The highest BCUT2D eigenvalue weighted by molar-refractivity contribution is 6.19. The van der Waals surface area contributed by atoms with Crippen LogP contribution in [0.25, 0.3) is 0 Å². The van der Waals surface area contributed by atoms with Crippen molar-refractivity contribution in [2.75, 3.05) is 7.11 Å². The normalized spacial score (nSPS) is 24.4. The first-order chi connectivity index (χ1) is 11.8. The molecular weight excluding hydrogens is 320 g/mol. The van der Waals surface area contributed by atoms with E-state index in [-0.39, 0.29) is 23.6 Å². The molecule has 0 amide bonds. The summed E-state index contributed by atoms with van der Waals surface area (Å²) < 4.78 is 5.30. The molecule has 2 N–H and O–H groups in total. The molecule has 2 atom stereocenters. The summed E-state index contributed by atoms with van der Waals surface area (Å²) in [5.74, 6) is -0.119. The van der Waals surface area contributed by atoms with E-state index in [0.29, 0.717) is 40.0 Å². The standard InChI is InChI=1S/C20H18O5/c1-20(24)8-10-6-7-12-17(15(10)13(21)9-20)19(23)11-4-3-5-14(25-2)16(11)18(12)22/h3-7,18,22,24H,8-9H2,1-2H3. The molecule has 0 radical (unpaired) electrons. The number of methoxy groups -OCH3 is 1. The Kier molecular flexibility index (Phi) is 3.36. The summed E-state index contributed by atoms with van der Waals surface area (Å²) in [5.41, 5.74) is 1.31. The van der Waals surface area contributed by atoms with E-state index in [2.05, 4.69) is 0 Å². The number of hydrogen-bond acceptors (Lipinski definition) is 5. The van der Waals surface area contributed by atoms with Gasteiger partial charge in [0.1, 0.15) is 11.9 Å². The zero-order valence-electron chi connectivity index (χ0n) is 14.0. The van der Waals surface area contributed by atoms with E-state index >= 15 is 0 Å². The average Bonchev–Trinajstić information content (AvgIpc) is 2.57. The third kappa shape index (κ3) is 2.23. The highest BCUT2D eigenvalue weighted by Gasteiger charge is 2.40. The van der Waals surface area contributed by atoms with Gasteiger partial charge in [0.05, 0.1) is 12.7 Å². The number of aliphatic hydroxyl groups excluding tert-OH is 1. The van der Waals surface area contributed by atoms with Gasteiger partial charge >= 0.3 is 0 Å². The molecule has 2 aliphatic rings. The van der Waals surface area contributed by atoms with E-state index in [4.69, 9.17) is 4.74 Å².